The first-order valence-electron chi connectivity index (χ1n) is 8.70. The van der Waals surface area contributed by atoms with Gasteiger partial charge in [-0.05, 0) is 55.3 Å². The van der Waals surface area contributed by atoms with E-state index in [4.69, 9.17) is 4.74 Å². The van der Waals surface area contributed by atoms with Crippen LogP contribution in [0.4, 0.5) is 0 Å². The maximum atomic E-state index is 5.60. The lowest BCUT2D eigenvalue weighted by Gasteiger charge is -2.26. The molecule has 0 saturated heterocycles. The van der Waals surface area contributed by atoms with Gasteiger partial charge < -0.3 is 10.1 Å². The smallest absolute Gasteiger partial charge is 0.119 e. The minimum absolute atomic E-state index is 0.803. The van der Waals surface area contributed by atoms with Crippen LogP contribution in [0.15, 0.2) is 24.3 Å². The number of hydrogen-bond donors (Lipinski definition) is 1. The SMILES string of the molecule is CCCOc1ccc(CNCCC2CCCC(C)C2)cc1. The minimum atomic E-state index is 0.803. The van der Waals surface area contributed by atoms with Crippen LogP contribution >= 0.6 is 0 Å². The normalized spacial score (nSPS) is 22.2. The Morgan fingerprint density at radius 2 is 2.00 bits per heavy atom. The summed E-state index contributed by atoms with van der Waals surface area (Å²) >= 11 is 0. The van der Waals surface area contributed by atoms with E-state index in [1.165, 1.54) is 37.7 Å². The highest BCUT2D eigenvalue weighted by Crippen LogP contribution is 2.30. The highest BCUT2D eigenvalue weighted by Gasteiger charge is 2.17. The molecule has 0 spiro atoms. The van der Waals surface area contributed by atoms with Gasteiger partial charge >= 0.3 is 0 Å². The predicted molar refractivity (Wildman–Crippen MR) is 89.7 cm³/mol. The van der Waals surface area contributed by atoms with E-state index in [1.807, 2.05) is 0 Å². The molecular formula is C19H31NO. The molecule has 0 radical (unpaired) electrons. The van der Waals surface area contributed by atoms with Crippen LogP contribution in [0.25, 0.3) is 0 Å². The maximum absolute atomic E-state index is 5.60. The molecule has 1 N–H and O–H groups in total. The zero-order valence-corrected chi connectivity index (χ0v) is 13.7. The number of nitrogens with one attached hydrogen (secondary N) is 1. The van der Waals surface area contributed by atoms with E-state index in [9.17, 15) is 0 Å². The molecule has 1 aliphatic carbocycles. The lowest BCUT2D eigenvalue weighted by molar-refractivity contribution is 0.267. The Labute approximate surface area is 130 Å². The summed E-state index contributed by atoms with van der Waals surface area (Å²) in [5.41, 5.74) is 1.34. The van der Waals surface area contributed by atoms with Crippen LogP contribution in [-0.2, 0) is 6.54 Å². The van der Waals surface area contributed by atoms with E-state index >= 15 is 0 Å². The van der Waals surface area contributed by atoms with E-state index < -0.39 is 0 Å². The van der Waals surface area contributed by atoms with Crippen LogP contribution in [0, 0.1) is 11.8 Å². The van der Waals surface area contributed by atoms with Crippen molar-refractivity contribution in [2.75, 3.05) is 13.2 Å². The summed E-state index contributed by atoms with van der Waals surface area (Å²) in [4.78, 5) is 0. The molecule has 1 aromatic rings. The molecule has 21 heavy (non-hydrogen) atoms. The second kappa shape index (κ2) is 9.09. The maximum Gasteiger partial charge on any atom is 0.119 e. The molecule has 1 fully saturated rings. The molecule has 2 unspecified atom stereocenters. The van der Waals surface area contributed by atoms with Crippen molar-refractivity contribution < 1.29 is 4.74 Å². The largest absolute Gasteiger partial charge is 0.494 e. The molecule has 0 aromatic heterocycles. The van der Waals surface area contributed by atoms with Gasteiger partial charge in [0.05, 0.1) is 6.61 Å². The van der Waals surface area contributed by atoms with E-state index in [0.29, 0.717) is 0 Å². The molecular weight excluding hydrogens is 258 g/mol. The van der Waals surface area contributed by atoms with Crippen molar-refractivity contribution in [3.63, 3.8) is 0 Å². The summed E-state index contributed by atoms with van der Waals surface area (Å²) in [5, 5.41) is 3.59. The van der Waals surface area contributed by atoms with Gasteiger partial charge in [0.15, 0.2) is 0 Å². The van der Waals surface area contributed by atoms with Crippen LogP contribution in [-0.4, -0.2) is 13.2 Å². The summed E-state index contributed by atoms with van der Waals surface area (Å²) in [5.74, 6) is 2.88. The third kappa shape index (κ3) is 6.09. The molecule has 1 saturated carbocycles. The van der Waals surface area contributed by atoms with Gasteiger partial charge in [0.2, 0.25) is 0 Å². The molecule has 0 heterocycles. The fourth-order valence-electron chi connectivity index (χ4n) is 3.28. The average molecular weight is 289 g/mol. The number of ether oxygens (including phenoxy) is 1. The average Bonchev–Trinajstić information content (AvgIpc) is 2.51. The molecule has 0 aliphatic heterocycles. The summed E-state index contributed by atoms with van der Waals surface area (Å²) in [6.07, 6.45) is 8.15. The van der Waals surface area contributed by atoms with Crippen molar-refractivity contribution in [1.82, 2.24) is 5.32 Å². The fourth-order valence-corrected chi connectivity index (χ4v) is 3.28. The Hall–Kier alpha value is -1.02. The van der Waals surface area contributed by atoms with Gasteiger partial charge in [0.25, 0.3) is 0 Å². The van der Waals surface area contributed by atoms with Crippen LogP contribution in [0.5, 0.6) is 5.75 Å². The van der Waals surface area contributed by atoms with Crippen LogP contribution in [0.1, 0.15) is 57.9 Å². The van der Waals surface area contributed by atoms with Crippen molar-refractivity contribution in [3.8, 4) is 5.75 Å². The van der Waals surface area contributed by atoms with Gasteiger partial charge in [0.1, 0.15) is 5.75 Å². The van der Waals surface area contributed by atoms with Gasteiger partial charge in [-0.3, -0.25) is 0 Å². The lowest BCUT2D eigenvalue weighted by atomic mass is 9.81. The molecule has 2 atom stereocenters. The van der Waals surface area contributed by atoms with Crippen molar-refractivity contribution in [2.45, 2.75) is 58.9 Å². The molecule has 2 rings (SSSR count). The van der Waals surface area contributed by atoms with Crippen LogP contribution < -0.4 is 10.1 Å². The molecule has 0 bridgehead atoms. The molecule has 118 valence electrons. The fraction of sp³-hybridized carbons (Fsp3) is 0.684. The zero-order chi connectivity index (χ0) is 14.9. The molecule has 0 amide bonds. The summed E-state index contributed by atoms with van der Waals surface area (Å²) in [6, 6.07) is 8.49. The number of benzene rings is 1. The first-order valence-corrected chi connectivity index (χ1v) is 8.70. The summed E-state index contributed by atoms with van der Waals surface area (Å²) in [7, 11) is 0. The second-order valence-electron chi connectivity index (χ2n) is 6.60. The molecule has 1 aliphatic rings. The second-order valence-corrected chi connectivity index (χ2v) is 6.60. The Morgan fingerprint density at radius 1 is 1.19 bits per heavy atom. The highest BCUT2D eigenvalue weighted by molar-refractivity contribution is 5.27. The third-order valence-electron chi connectivity index (χ3n) is 4.50. The van der Waals surface area contributed by atoms with Gasteiger partial charge in [-0.1, -0.05) is 45.2 Å². The van der Waals surface area contributed by atoms with E-state index in [2.05, 4.69) is 43.4 Å². The van der Waals surface area contributed by atoms with Crippen LogP contribution in [0.3, 0.4) is 0 Å². The zero-order valence-electron chi connectivity index (χ0n) is 13.7. The topological polar surface area (TPSA) is 21.3 Å². The standard InChI is InChI=1S/C19H31NO/c1-3-13-21-19-9-7-18(8-10-19)15-20-12-11-17-6-4-5-16(2)14-17/h7-10,16-17,20H,3-6,11-15H2,1-2H3. The molecule has 1 aromatic carbocycles. The lowest BCUT2D eigenvalue weighted by Crippen LogP contribution is -2.21. The van der Waals surface area contributed by atoms with Gasteiger partial charge in [0, 0.05) is 6.54 Å². The Morgan fingerprint density at radius 3 is 2.71 bits per heavy atom. The summed E-state index contributed by atoms with van der Waals surface area (Å²) < 4.78 is 5.60. The quantitative estimate of drug-likeness (QED) is 0.695. The van der Waals surface area contributed by atoms with Crippen molar-refractivity contribution in [3.05, 3.63) is 29.8 Å². The van der Waals surface area contributed by atoms with Gasteiger partial charge in [-0.2, -0.15) is 0 Å². The first-order chi connectivity index (χ1) is 10.3. The van der Waals surface area contributed by atoms with E-state index in [-0.39, 0.29) is 0 Å². The number of hydrogen-bond acceptors (Lipinski definition) is 2. The van der Waals surface area contributed by atoms with Crippen molar-refractivity contribution >= 4 is 0 Å². The van der Waals surface area contributed by atoms with E-state index in [0.717, 1.165) is 43.7 Å². The number of rotatable bonds is 8. The Bertz CT molecular complexity index is 387. The van der Waals surface area contributed by atoms with Crippen molar-refractivity contribution in [1.29, 1.82) is 0 Å². The summed E-state index contributed by atoms with van der Waals surface area (Å²) in [6.45, 7) is 7.45. The first kappa shape index (κ1) is 16.4. The minimum Gasteiger partial charge on any atom is -0.494 e. The van der Waals surface area contributed by atoms with Crippen molar-refractivity contribution in [2.24, 2.45) is 11.8 Å². The Kier molecular flexibility index (Phi) is 7.08. The van der Waals surface area contributed by atoms with Gasteiger partial charge in [-0.25, -0.2) is 0 Å². The Balaban J connectivity index is 1.62. The van der Waals surface area contributed by atoms with Gasteiger partial charge in [-0.15, -0.1) is 0 Å². The third-order valence-corrected chi connectivity index (χ3v) is 4.50. The van der Waals surface area contributed by atoms with E-state index in [1.54, 1.807) is 0 Å². The predicted octanol–water partition coefficient (Wildman–Crippen LogP) is 4.78. The molecule has 2 heteroatoms. The monoisotopic (exact) mass is 289 g/mol. The highest BCUT2D eigenvalue weighted by atomic mass is 16.5. The van der Waals surface area contributed by atoms with Crippen LogP contribution in [0.2, 0.25) is 0 Å². The molecule has 2 nitrogen and oxygen atoms in total.